The smallest absolute Gasteiger partial charge is 0.294 e. The van der Waals surface area contributed by atoms with Crippen molar-refractivity contribution < 1.29 is 18.7 Å². The van der Waals surface area contributed by atoms with E-state index >= 15 is 0 Å². The summed E-state index contributed by atoms with van der Waals surface area (Å²) in [7, 11) is 1.39. The van der Waals surface area contributed by atoms with Crippen LogP contribution in [0.2, 0.25) is 0 Å². The minimum absolute atomic E-state index is 0.00296. The van der Waals surface area contributed by atoms with Crippen molar-refractivity contribution in [1.82, 2.24) is 0 Å². The van der Waals surface area contributed by atoms with Gasteiger partial charge in [0.15, 0.2) is 5.76 Å². The van der Waals surface area contributed by atoms with Crippen molar-refractivity contribution in [1.29, 1.82) is 0 Å². The van der Waals surface area contributed by atoms with E-state index in [4.69, 9.17) is 13.9 Å². The van der Waals surface area contributed by atoms with Gasteiger partial charge in [-0.15, -0.1) is 0 Å². The van der Waals surface area contributed by atoms with Crippen LogP contribution < -0.4 is 15.1 Å². The standard InChI is InChI=1S/C20H23NO5/c1-13-4-5-14(2)16(10-13)21(15-6-8-25-9-7-15)20(23)18-11-17(22)19(24-3)12-26-18/h4-5,10-12,15H,6-9H2,1-3H3. The van der Waals surface area contributed by atoms with Gasteiger partial charge in [-0.1, -0.05) is 12.1 Å². The van der Waals surface area contributed by atoms with Crippen molar-refractivity contribution in [3.63, 3.8) is 0 Å². The molecule has 0 atom stereocenters. The summed E-state index contributed by atoms with van der Waals surface area (Å²) in [5.41, 5.74) is 2.51. The first-order valence-electron chi connectivity index (χ1n) is 8.66. The van der Waals surface area contributed by atoms with Crippen LogP contribution in [0.1, 0.15) is 34.5 Å². The summed E-state index contributed by atoms with van der Waals surface area (Å²) in [6, 6.07) is 7.18. The molecule has 3 rings (SSSR count). The number of benzene rings is 1. The van der Waals surface area contributed by atoms with Crippen LogP contribution in [-0.4, -0.2) is 32.3 Å². The summed E-state index contributed by atoms with van der Waals surface area (Å²) < 4.78 is 15.8. The highest BCUT2D eigenvalue weighted by molar-refractivity contribution is 6.05. The van der Waals surface area contributed by atoms with Gasteiger partial charge in [0.1, 0.15) is 6.26 Å². The Labute approximate surface area is 152 Å². The molecule has 1 aromatic carbocycles. The molecule has 6 nitrogen and oxygen atoms in total. The Morgan fingerprint density at radius 2 is 1.92 bits per heavy atom. The Morgan fingerprint density at radius 1 is 1.19 bits per heavy atom. The average Bonchev–Trinajstić information content (AvgIpc) is 2.65. The fourth-order valence-electron chi connectivity index (χ4n) is 3.17. The van der Waals surface area contributed by atoms with Crippen LogP contribution in [-0.2, 0) is 4.74 Å². The number of aryl methyl sites for hydroxylation is 2. The SMILES string of the molecule is COc1coc(C(=O)N(c2cc(C)ccc2C)C2CCOCC2)cc1=O. The zero-order valence-corrected chi connectivity index (χ0v) is 15.3. The lowest BCUT2D eigenvalue weighted by Gasteiger charge is -2.35. The predicted octanol–water partition coefficient (Wildman–Crippen LogP) is 3.09. The Kier molecular flexibility index (Phi) is 5.42. The highest BCUT2D eigenvalue weighted by atomic mass is 16.5. The van der Waals surface area contributed by atoms with Gasteiger partial charge in [0.05, 0.1) is 7.11 Å². The first-order chi connectivity index (χ1) is 12.5. The molecule has 0 spiro atoms. The van der Waals surface area contributed by atoms with E-state index in [0.717, 1.165) is 29.7 Å². The Hall–Kier alpha value is -2.60. The van der Waals surface area contributed by atoms with Crippen molar-refractivity contribution in [2.24, 2.45) is 0 Å². The van der Waals surface area contributed by atoms with E-state index in [1.807, 2.05) is 32.0 Å². The highest BCUT2D eigenvalue weighted by Crippen LogP contribution is 2.29. The van der Waals surface area contributed by atoms with Gasteiger partial charge in [-0.3, -0.25) is 9.59 Å². The molecule has 0 bridgehead atoms. The number of carbonyl (C=O) groups excluding carboxylic acids is 1. The second-order valence-electron chi connectivity index (χ2n) is 6.49. The normalized spacial score (nSPS) is 14.9. The lowest BCUT2D eigenvalue weighted by Crippen LogP contribution is -2.44. The molecule has 1 fully saturated rings. The molecule has 138 valence electrons. The van der Waals surface area contributed by atoms with Crippen LogP contribution in [0.25, 0.3) is 0 Å². The molecule has 1 amide bonds. The maximum Gasteiger partial charge on any atom is 0.294 e. The molecular weight excluding hydrogens is 334 g/mol. The molecule has 2 heterocycles. The van der Waals surface area contributed by atoms with E-state index in [9.17, 15) is 9.59 Å². The molecule has 1 saturated heterocycles. The second kappa shape index (κ2) is 7.74. The first-order valence-corrected chi connectivity index (χ1v) is 8.66. The summed E-state index contributed by atoms with van der Waals surface area (Å²) in [6.45, 7) is 5.17. The number of methoxy groups -OCH3 is 1. The van der Waals surface area contributed by atoms with Crippen LogP contribution in [0.5, 0.6) is 5.75 Å². The fourth-order valence-corrected chi connectivity index (χ4v) is 3.17. The number of hydrogen-bond acceptors (Lipinski definition) is 5. The quantitative estimate of drug-likeness (QED) is 0.841. The summed E-state index contributed by atoms with van der Waals surface area (Å²) in [5, 5.41) is 0. The van der Waals surface area contributed by atoms with Crippen molar-refractivity contribution in [3.05, 3.63) is 57.6 Å². The summed E-state index contributed by atoms with van der Waals surface area (Å²) in [5.74, 6) is -0.251. The molecular formula is C20H23NO5. The fraction of sp³-hybridized carbons (Fsp3) is 0.400. The number of anilines is 1. The third-order valence-corrected chi connectivity index (χ3v) is 4.63. The van der Waals surface area contributed by atoms with E-state index < -0.39 is 0 Å². The van der Waals surface area contributed by atoms with Crippen LogP contribution in [0.3, 0.4) is 0 Å². The van der Waals surface area contributed by atoms with Gasteiger partial charge in [-0.25, -0.2) is 0 Å². The van der Waals surface area contributed by atoms with Gasteiger partial charge in [0.2, 0.25) is 11.2 Å². The number of amides is 1. The van der Waals surface area contributed by atoms with E-state index in [2.05, 4.69) is 0 Å². The largest absolute Gasteiger partial charge is 0.490 e. The summed E-state index contributed by atoms with van der Waals surface area (Å²) in [6.07, 6.45) is 2.65. The van der Waals surface area contributed by atoms with Crippen molar-refractivity contribution in [2.45, 2.75) is 32.7 Å². The monoisotopic (exact) mass is 357 g/mol. The highest BCUT2D eigenvalue weighted by Gasteiger charge is 2.30. The van der Waals surface area contributed by atoms with Crippen molar-refractivity contribution >= 4 is 11.6 Å². The molecule has 0 aliphatic carbocycles. The molecule has 0 N–H and O–H groups in total. The number of nitrogens with zero attached hydrogens (tertiary/aromatic N) is 1. The third kappa shape index (κ3) is 3.65. The minimum atomic E-state index is -0.380. The molecule has 0 unspecified atom stereocenters. The second-order valence-corrected chi connectivity index (χ2v) is 6.49. The molecule has 26 heavy (non-hydrogen) atoms. The average molecular weight is 357 g/mol. The van der Waals surface area contributed by atoms with Crippen LogP contribution in [0, 0.1) is 13.8 Å². The molecule has 1 aliphatic rings. The van der Waals surface area contributed by atoms with Crippen molar-refractivity contribution in [2.75, 3.05) is 25.2 Å². The number of carbonyl (C=O) groups is 1. The van der Waals surface area contributed by atoms with Crippen LogP contribution in [0.4, 0.5) is 5.69 Å². The Bertz CT molecular complexity index is 852. The molecule has 0 saturated carbocycles. The van der Waals surface area contributed by atoms with E-state index in [1.54, 1.807) is 4.90 Å². The maximum absolute atomic E-state index is 13.3. The molecule has 0 radical (unpaired) electrons. The van der Waals surface area contributed by atoms with Gasteiger partial charge in [-0.2, -0.15) is 0 Å². The van der Waals surface area contributed by atoms with Gasteiger partial charge in [0.25, 0.3) is 5.91 Å². The van der Waals surface area contributed by atoms with Crippen LogP contribution >= 0.6 is 0 Å². The van der Waals surface area contributed by atoms with Crippen LogP contribution in [0.15, 0.2) is 39.7 Å². The Balaban J connectivity index is 2.05. The van der Waals surface area contributed by atoms with Gasteiger partial charge < -0.3 is 18.8 Å². The van der Waals surface area contributed by atoms with Gasteiger partial charge >= 0.3 is 0 Å². The lowest BCUT2D eigenvalue weighted by molar-refractivity contribution is 0.0759. The Morgan fingerprint density at radius 3 is 2.58 bits per heavy atom. The topological polar surface area (TPSA) is 69.0 Å². The van der Waals surface area contributed by atoms with E-state index in [1.165, 1.54) is 19.4 Å². The number of rotatable bonds is 4. The minimum Gasteiger partial charge on any atom is -0.490 e. The summed E-state index contributed by atoms with van der Waals surface area (Å²) in [4.78, 5) is 27.1. The zero-order valence-electron chi connectivity index (χ0n) is 15.3. The predicted molar refractivity (Wildman–Crippen MR) is 98.1 cm³/mol. The number of hydrogen-bond donors (Lipinski definition) is 0. The molecule has 1 aromatic heterocycles. The molecule has 1 aliphatic heterocycles. The molecule has 2 aromatic rings. The molecule has 6 heteroatoms. The summed E-state index contributed by atoms with van der Waals surface area (Å²) >= 11 is 0. The van der Waals surface area contributed by atoms with Gasteiger partial charge in [-0.05, 0) is 43.9 Å². The van der Waals surface area contributed by atoms with E-state index in [-0.39, 0.29) is 28.9 Å². The van der Waals surface area contributed by atoms with Gasteiger partial charge in [0, 0.05) is 31.0 Å². The maximum atomic E-state index is 13.3. The third-order valence-electron chi connectivity index (χ3n) is 4.63. The lowest BCUT2D eigenvalue weighted by atomic mass is 10.0. The number of ether oxygens (including phenoxy) is 2. The van der Waals surface area contributed by atoms with E-state index in [0.29, 0.717) is 13.2 Å². The van der Waals surface area contributed by atoms with Crippen molar-refractivity contribution in [3.8, 4) is 5.75 Å². The zero-order chi connectivity index (χ0) is 18.7. The first kappa shape index (κ1) is 18.2.